The molecular formula is C19H22FNO3S. The minimum Gasteiger partial charge on any atom is -0.493 e. The molecule has 2 rings (SSSR count). The van der Waals surface area contributed by atoms with Gasteiger partial charge in [-0.05, 0) is 54.4 Å². The molecular weight excluding hydrogens is 341 g/mol. The van der Waals surface area contributed by atoms with E-state index in [0.717, 1.165) is 16.0 Å². The monoisotopic (exact) mass is 363 g/mol. The summed E-state index contributed by atoms with van der Waals surface area (Å²) in [6.45, 7) is 2.46. The first kappa shape index (κ1) is 19.1. The average molecular weight is 363 g/mol. The molecule has 0 unspecified atom stereocenters. The van der Waals surface area contributed by atoms with Gasteiger partial charge in [-0.1, -0.05) is 0 Å². The van der Waals surface area contributed by atoms with Crippen LogP contribution in [-0.4, -0.2) is 37.8 Å². The van der Waals surface area contributed by atoms with Gasteiger partial charge in [0.2, 0.25) is 5.91 Å². The second kappa shape index (κ2) is 8.76. The van der Waals surface area contributed by atoms with Crippen molar-refractivity contribution in [2.75, 3.05) is 27.0 Å². The van der Waals surface area contributed by atoms with Gasteiger partial charge < -0.3 is 14.4 Å². The number of methoxy groups -OCH3 is 2. The molecule has 2 aromatic rings. The number of hydrogen-bond acceptors (Lipinski definition) is 4. The molecule has 6 heteroatoms. The van der Waals surface area contributed by atoms with Crippen molar-refractivity contribution in [3.8, 4) is 11.5 Å². The Labute approximate surface area is 151 Å². The van der Waals surface area contributed by atoms with Crippen LogP contribution in [0.4, 0.5) is 4.39 Å². The molecule has 0 radical (unpaired) electrons. The van der Waals surface area contributed by atoms with Gasteiger partial charge in [-0.25, -0.2) is 4.39 Å². The standard InChI is InChI=1S/C19H22FNO3S/c1-13-9-17(23-3)18(24-4)10-14(13)11-21(2)19(22)12-25-16-7-5-15(20)6-8-16/h5-10H,11-12H2,1-4H3. The Bertz CT molecular complexity index is 734. The Kier molecular flexibility index (Phi) is 6.70. The van der Waals surface area contributed by atoms with E-state index in [2.05, 4.69) is 0 Å². The molecule has 0 bridgehead atoms. The third kappa shape index (κ3) is 5.13. The van der Waals surface area contributed by atoms with E-state index in [9.17, 15) is 9.18 Å². The fourth-order valence-electron chi connectivity index (χ4n) is 2.32. The molecule has 0 aliphatic rings. The summed E-state index contributed by atoms with van der Waals surface area (Å²) in [5, 5.41) is 0. The Morgan fingerprint density at radius 2 is 1.72 bits per heavy atom. The summed E-state index contributed by atoms with van der Waals surface area (Å²) in [7, 11) is 4.95. The van der Waals surface area contributed by atoms with Gasteiger partial charge in [0.15, 0.2) is 11.5 Å². The number of benzene rings is 2. The van der Waals surface area contributed by atoms with Crippen LogP contribution in [0.15, 0.2) is 41.3 Å². The van der Waals surface area contributed by atoms with Crippen LogP contribution in [0.5, 0.6) is 11.5 Å². The number of hydrogen-bond donors (Lipinski definition) is 0. The van der Waals surface area contributed by atoms with E-state index in [1.54, 1.807) is 38.3 Å². The van der Waals surface area contributed by atoms with Crippen LogP contribution in [0.3, 0.4) is 0 Å². The van der Waals surface area contributed by atoms with Crippen molar-refractivity contribution in [3.05, 3.63) is 53.3 Å². The van der Waals surface area contributed by atoms with E-state index < -0.39 is 0 Å². The van der Waals surface area contributed by atoms with Crippen LogP contribution >= 0.6 is 11.8 Å². The van der Waals surface area contributed by atoms with Crippen molar-refractivity contribution < 1.29 is 18.7 Å². The molecule has 0 fully saturated rings. The highest BCUT2D eigenvalue weighted by Crippen LogP contribution is 2.30. The number of carbonyl (C=O) groups excluding carboxylic acids is 1. The molecule has 1 amide bonds. The molecule has 0 aromatic heterocycles. The fourth-order valence-corrected chi connectivity index (χ4v) is 3.16. The summed E-state index contributed by atoms with van der Waals surface area (Å²) >= 11 is 1.39. The molecule has 0 saturated heterocycles. The van der Waals surface area contributed by atoms with Gasteiger partial charge in [-0.2, -0.15) is 0 Å². The van der Waals surface area contributed by atoms with Gasteiger partial charge in [0.25, 0.3) is 0 Å². The zero-order valence-corrected chi connectivity index (χ0v) is 15.7. The van der Waals surface area contributed by atoms with Gasteiger partial charge in [-0.3, -0.25) is 4.79 Å². The number of aryl methyl sites for hydroxylation is 1. The number of carbonyl (C=O) groups is 1. The molecule has 0 saturated carbocycles. The lowest BCUT2D eigenvalue weighted by Gasteiger charge is -2.20. The van der Waals surface area contributed by atoms with Crippen LogP contribution in [0.1, 0.15) is 11.1 Å². The average Bonchev–Trinajstić information content (AvgIpc) is 2.62. The van der Waals surface area contributed by atoms with Gasteiger partial charge >= 0.3 is 0 Å². The first-order valence-corrected chi connectivity index (χ1v) is 8.77. The highest BCUT2D eigenvalue weighted by Gasteiger charge is 2.14. The van der Waals surface area contributed by atoms with E-state index in [1.807, 2.05) is 19.1 Å². The lowest BCUT2D eigenvalue weighted by molar-refractivity contribution is -0.127. The van der Waals surface area contributed by atoms with E-state index in [-0.39, 0.29) is 11.7 Å². The number of nitrogens with zero attached hydrogens (tertiary/aromatic N) is 1. The molecule has 0 aliphatic heterocycles. The lowest BCUT2D eigenvalue weighted by Crippen LogP contribution is -2.28. The van der Waals surface area contributed by atoms with Crippen LogP contribution in [0.25, 0.3) is 0 Å². The third-order valence-electron chi connectivity index (χ3n) is 3.85. The summed E-state index contributed by atoms with van der Waals surface area (Å²) in [5.74, 6) is 1.34. The van der Waals surface area contributed by atoms with Crippen LogP contribution in [0, 0.1) is 12.7 Å². The molecule has 0 heterocycles. The lowest BCUT2D eigenvalue weighted by atomic mass is 10.1. The normalized spacial score (nSPS) is 10.4. The second-order valence-corrected chi connectivity index (χ2v) is 6.67. The highest BCUT2D eigenvalue weighted by molar-refractivity contribution is 8.00. The van der Waals surface area contributed by atoms with E-state index in [4.69, 9.17) is 9.47 Å². The van der Waals surface area contributed by atoms with Crippen molar-refractivity contribution in [2.24, 2.45) is 0 Å². The molecule has 0 atom stereocenters. The predicted molar refractivity (Wildman–Crippen MR) is 97.9 cm³/mol. The Balaban J connectivity index is 1.99. The minimum atomic E-state index is -0.281. The van der Waals surface area contributed by atoms with E-state index >= 15 is 0 Å². The van der Waals surface area contributed by atoms with Gasteiger partial charge in [0.05, 0.1) is 20.0 Å². The number of rotatable bonds is 7. The highest BCUT2D eigenvalue weighted by atomic mass is 32.2. The Morgan fingerprint density at radius 3 is 2.32 bits per heavy atom. The van der Waals surface area contributed by atoms with E-state index in [0.29, 0.717) is 23.8 Å². The fraction of sp³-hybridized carbons (Fsp3) is 0.316. The van der Waals surface area contributed by atoms with Crippen molar-refractivity contribution in [3.63, 3.8) is 0 Å². The predicted octanol–water partition coefficient (Wildman–Crippen LogP) is 3.90. The molecule has 134 valence electrons. The quantitative estimate of drug-likeness (QED) is 0.700. The Hall–Kier alpha value is -2.21. The Morgan fingerprint density at radius 1 is 1.12 bits per heavy atom. The molecule has 0 spiro atoms. The van der Waals surface area contributed by atoms with Crippen molar-refractivity contribution in [1.82, 2.24) is 4.90 Å². The summed E-state index contributed by atoms with van der Waals surface area (Å²) in [4.78, 5) is 14.9. The van der Waals surface area contributed by atoms with Gasteiger partial charge in [0.1, 0.15) is 5.82 Å². The summed E-state index contributed by atoms with van der Waals surface area (Å²) in [6.07, 6.45) is 0. The first-order chi connectivity index (χ1) is 11.9. The largest absolute Gasteiger partial charge is 0.493 e. The molecule has 2 aromatic carbocycles. The van der Waals surface area contributed by atoms with Crippen LogP contribution in [-0.2, 0) is 11.3 Å². The molecule has 4 nitrogen and oxygen atoms in total. The summed E-state index contributed by atoms with van der Waals surface area (Å²) in [5.41, 5.74) is 2.03. The van der Waals surface area contributed by atoms with Crippen LogP contribution < -0.4 is 9.47 Å². The van der Waals surface area contributed by atoms with Crippen molar-refractivity contribution in [2.45, 2.75) is 18.4 Å². The molecule has 0 aliphatic carbocycles. The van der Waals surface area contributed by atoms with Crippen molar-refractivity contribution >= 4 is 17.7 Å². The first-order valence-electron chi connectivity index (χ1n) is 7.78. The zero-order valence-electron chi connectivity index (χ0n) is 14.8. The number of halogens is 1. The maximum atomic E-state index is 12.9. The SMILES string of the molecule is COc1cc(C)c(CN(C)C(=O)CSc2ccc(F)cc2)cc1OC. The summed E-state index contributed by atoms with van der Waals surface area (Å²) < 4.78 is 23.5. The molecule has 0 N–H and O–H groups in total. The third-order valence-corrected chi connectivity index (χ3v) is 4.85. The van der Waals surface area contributed by atoms with Crippen LogP contribution in [0.2, 0.25) is 0 Å². The topological polar surface area (TPSA) is 38.8 Å². The van der Waals surface area contributed by atoms with E-state index in [1.165, 1.54) is 23.9 Å². The molecule has 25 heavy (non-hydrogen) atoms. The smallest absolute Gasteiger partial charge is 0.232 e. The second-order valence-electron chi connectivity index (χ2n) is 5.63. The van der Waals surface area contributed by atoms with Gasteiger partial charge in [0, 0.05) is 18.5 Å². The number of ether oxygens (including phenoxy) is 2. The number of thioether (sulfide) groups is 1. The number of amides is 1. The minimum absolute atomic E-state index is 0.00325. The zero-order chi connectivity index (χ0) is 18.4. The maximum Gasteiger partial charge on any atom is 0.232 e. The van der Waals surface area contributed by atoms with Crippen molar-refractivity contribution in [1.29, 1.82) is 0 Å². The maximum absolute atomic E-state index is 12.9. The summed E-state index contributed by atoms with van der Waals surface area (Å²) in [6, 6.07) is 9.93. The van der Waals surface area contributed by atoms with Gasteiger partial charge in [-0.15, -0.1) is 11.8 Å².